The molecule has 0 saturated heterocycles. The molecule has 0 aliphatic carbocycles. The Labute approximate surface area is 68.5 Å². The van der Waals surface area contributed by atoms with Crippen molar-refractivity contribution >= 4 is 18.3 Å². The van der Waals surface area contributed by atoms with Gasteiger partial charge in [0, 0.05) is 0 Å². The summed E-state index contributed by atoms with van der Waals surface area (Å²) in [5, 5.41) is 13.5. The molecule has 0 aliphatic rings. The summed E-state index contributed by atoms with van der Waals surface area (Å²) >= 11 is 0. The number of primary amides is 1. The van der Waals surface area contributed by atoms with Crippen LogP contribution < -0.4 is 5.73 Å². The molecule has 0 aromatic carbocycles. The van der Waals surface area contributed by atoms with E-state index in [9.17, 15) is 4.79 Å². The minimum atomic E-state index is -0.711. The smallest absolute Gasteiger partial charge is 0.404 e. The minimum Gasteiger partial charge on any atom is -0.724 e. The molecule has 7 heteroatoms. The Bertz CT molecular complexity index is 156. The zero-order valence-electron chi connectivity index (χ0n) is 6.31. The molecule has 0 atom stereocenters. The van der Waals surface area contributed by atoms with Gasteiger partial charge in [0.1, 0.15) is 0 Å². The van der Waals surface area contributed by atoms with Crippen LogP contribution in [0.3, 0.4) is 0 Å². The molecule has 0 aromatic rings. The van der Waals surface area contributed by atoms with Gasteiger partial charge < -0.3 is 21.3 Å². The van der Waals surface area contributed by atoms with Gasteiger partial charge in [-0.15, -0.1) is 0 Å². The number of isocyanates is 2. The van der Waals surface area contributed by atoms with Crippen LogP contribution in [0.5, 0.6) is 0 Å². The molecular weight excluding hydrogens is 166 g/mol. The van der Waals surface area contributed by atoms with E-state index in [-0.39, 0.29) is 0 Å². The lowest BCUT2D eigenvalue weighted by molar-refractivity contribution is 0.163. The third-order valence-corrected chi connectivity index (χ3v) is 0.287. The standard InChI is InChI=1S/C3H7NO2.2CNO/c1-2-6-3(4)5;2*2-1-3/h2H2,1H3,(H2,4,5);;/q;2*-1. The SMILES string of the molecule is CCOC(N)=O.[N-]=C=O.[N-]=C=O. The maximum atomic E-state index is 9.60. The van der Waals surface area contributed by atoms with E-state index >= 15 is 0 Å². The third kappa shape index (κ3) is 374. The number of nitrogens with zero attached hydrogens (tertiary/aromatic N) is 2. The molecule has 0 radical (unpaired) electrons. The zero-order chi connectivity index (χ0) is 10.4. The first-order valence-electron chi connectivity index (χ1n) is 2.55. The van der Waals surface area contributed by atoms with Crippen molar-refractivity contribution in [1.29, 1.82) is 0 Å². The van der Waals surface area contributed by atoms with E-state index in [4.69, 9.17) is 20.4 Å². The number of carbonyl (C=O) groups excluding carboxylic acids is 3. The molecule has 0 bridgehead atoms. The second kappa shape index (κ2) is 23.0. The largest absolute Gasteiger partial charge is 0.724 e. The van der Waals surface area contributed by atoms with Gasteiger partial charge in [0.15, 0.2) is 0 Å². The molecular formula is C5H7N3O4-2. The van der Waals surface area contributed by atoms with E-state index in [0.29, 0.717) is 18.8 Å². The predicted octanol–water partition coefficient (Wildman–Crippen LogP) is -0.115. The molecule has 0 aliphatic heterocycles. The molecule has 0 fully saturated rings. The second-order valence-electron chi connectivity index (χ2n) is 0.935. The van der Waals surface area contributed by atoms with E-state index < -0.39 is 6.09 Å². The van der Waals surface area contributed by atoms with Crippen LogP contribution in [0.25, 0.3) is 10.8 Å². The van der Waals surface area contributed by atoms with Crippen LogP contribution in [-0.4, -0.2) is 24.9 Å². The fraction of sp³-hybridized carbons (Fsp3) is 0.400. The highest BCUT2D eigenvalue weighted by Crippen LogP contribution is 1.66. The lowest BCUT2D eigenvalue weighted by Crippen LogP contribution is -2.11. The maximum absolute atomic E-state index is 9.60. The molecule has 68 valence electrons. The van der Waals surface area contributed by atoms with Gasteiger partial charge >= 0.3 is 6.09 Å². The summed E-state index contributed by atoms with van der Waals surface area (Å²) in [6.07, 6.45) is 0.289. The maximum Gasteiger partial charge on any atom is 0.404 e. The summed E-state index contributed by atoms with van der Waals surface area (Å²) in [6.45, 7) is 2.06. The highest BCUT2D eigenvalue weighted by atomic mass is 16.5. The molecule has 0 spiro atoms. The van der Waals surface area contributed by atoms with Gasteiger partial charge in [0.25, 0.3) is 0 Å². The highest BCUT2D eigenvalue weighted by molar-refractivity contribution is 5.64. The van der Waals surface area contributed by atoms with Crippen molar-refractivity contribution in [2.45, 2.75) is 6.92 Å². The molecule has 7 nitrogen and oxygen atoms in total. The van der Waals surface area contributed by atoms with Gasteiger partial charge in [-0.2, -0.15) is 0 Å². The van der Waals surface area contributed by atoms with Gasteiger partial charge in [-0.3, -0.25) is 9.59 Å². The Morgan fingerprint density at radius 3 is 1.67 bits per heavy atom. The van der Waals surface area contributed by atoms with E-state index in [2.05, 4.69) is 10.5 Å². The number of carbonyl (C=O) groups is 1. The lowest BCUT2D eigenvalue weighted by Gasteiger charge is -1.89. The van der Waals surface area contributed by atoms with Crippen LogP contribution in [-0.2, 0) is 14.3 Å². The fourth-order valence-electron chi connectivity index (χ4n) is 0.142. The van der Waals surface area contributed by atoms with E-state index in [0.717, 1.165) is 0 Å². The highest BCUT2D eigenvalue weighted by Gasteiger charge is 1.82. The van der Waals surface area contributed by atoms with Crippen molar-refractivity contribution in [2.75, 3.05) is 6.61 Å². The quantitative estimate of drug-likeness (QED) is 0.437. The fourth-order valence-corrected chi connectivity index (χ4v) is 0.142. The van der Waals surface area contributed by atoms with Crippen LogP contribution in [0, 0.1) is 0 Å². The molecule has 2 N–H and O–H groups in total. The Morgan fingerprint density at radius 2 is 1.67 bits per heavy atom. The number of ether oxygens (including phenoxy) is 1. The number of hydrogen-bond donors (Lipinski definition) is 1. The molecule has 0 heterocycles. The van der Waals surface area contributed by atoms with E-state index in [1.807, 2.05) is 0 Å². The number of rotatable bonds is 1. The number of nitrogens with two attached hydrogens (primary N) is 1. The lowest BCUT2D eigenvalue weighted by atomic mass is 10.9. The summed E-state index contributed by atoms with van der Waals surface area (Å²) in [4.78, 5) is 26.1. The van der Waals surface area contributed by atoms with Gasteiger partial charge in [0.2, 0.25) is 0 Å². The second-order valence-corrected chi connectivity index (χ2v) is 0.935. The van der Waals surface area contributed by atoms with Crippen molar-refractivity contribution < 1.29 is 19.1 Å². The predicted molar refractivity (Wildman–Crippen MR) is 39.3 cm³/mol. The van der Waals surface area contributed by atoms with Crippen molar-refractivity contribution in [2.24, 2.45) is 5.73 Å². The zero-order valence-corrected chi connectivity index (χ0v) is 6.31. The molecule has 0 saturated carbocycles. The van der Waals surface area contributed by atoms with E-state index in [1.54, 1.807) is 6.92 Å². The first kappa shape index (κ1) is 16.5. The summed E-state index contributed by atoms with van der Waals surface area (Å²) in [6, 6.07) is 0. The molecule has 1 amide bonds. The van der Waals surface area contributed by atoms with Gasteiger partial charge in [0.05, 0.1) is 6.61 Å². The van der Waals surface area contributed by atoms with Crippen molar-refractivity contribution in [1.82, 2.24) is 0 Å². The first-order valence-corrected chi connectivity index (χ1v) is 2.55. The summed E-state index contributed by atoms with van der Waals surface area (Å²) in [5.41, 5.74) is 4.54. The Morgan fingerprint density at radius 1 is 1.42 bits per heavy atom. The summed E-state index contributed by atoms with van der Waals surface area (Å²) in [5.74, 6) is 0. The topological polar surface area (TPSA) is 131 Å². The Kier molecular flexibility index (Phi) is 31.7. The molecule has 0 rings (SSSR count). The van der Waals surface area contributed by atoms with Gasteiger partial charge in [-0.05, 0) is 19.1 Å². The number of hydrogen-bond acceptors (Lipinski definition) is 4. The van der Waals surface area contributed by atoms with Crippen LogP contribution >= 0.6 is 0 Å². The molecule has 0 aromatic heterocycles. The average molecular weight is 173 g/mol. The van der Waals surface area contributed by atoms with Crippen molar-refractivity contribution in [3.63, 3.8) is 0 Å². The first-order chi connectivity index (χ1) is 5.60. The Balaban J connectivity index is -0.000000115. The molecule has 12 heavy (non-hydrogen) atoms. The molecule has 0 unspecified atom stereocenters. The third-order valence-electron chi connectivity index (χ3n) is 0.287. The normalized spacial score (nSPS) is 5.08. The monoisotopic (exact) mass is 173 g/mol. The average Bonchev–Trinajstić information content (AvgIpc) is 1.89. The summed E-state index contributed by atoms with van der Waals surface area (Å²) < 4.78 is 4.18. The van der Waals surface area contributed by atoms with Crippen molar-refractivity contribution in [3.05, 3.63) is 10.8 Å². The van der Waals surface area contributed by atoms with Crippen LogP contribution in [0.2, 0.25) is 0 Å². The minimum absolute atomic E-state index is 0.356. The summed E-state index contributed by atoms with van der Waals surface area (Å²) in [7, 11) is 0. The van der Waals surface area contributed by atoms with Crippen LogP contribution in [0.1, 0.15) is 6.92 Å². The Hall–Kier alpha value is -1.97. The number of amides is 1. The van der Waals surface area contributed by atoms with E-state index in [1.165, 1.54) is 0 Å². The van der Waals surface area contributed by atoms with Gasteiger partial charge in [-0.1, -0.05) is 0 Å². The van der Waals surface area contributed by atoms with Crippen LogP contribution in [0.15, 0.2) is 0 Å². The van der Waals surface area contributed by atoms with Crippen LogP contribution in [0.4, 0.5) is 4.79 Å². The van der Waals surface area contributed by atoms with Gasteiger partial charge in [-0.25, -0.2) is 4.79 Å². The van der Waals surface area contributed by atoms with Crippen molar-refractivity contribution in [3.8, 4) is 0 Å².